The van der Waals surface area contributed by atoms with Crippen molar-refractivity contribution in [2.24, 2.45) is 0 Å². The van der Waals surface area contributed by atoms with E-state index in [1.54, 1.807) is 36.4 Å². The molecule has 0 fully saturated rings. The molecule has 5 nitrogen and oxygen atoms in total. The maximum Gasteiger partial charge on any atom is 0.175 e. The number of sulfone groups is 1. The highest BCUT2D eigenvalue weighted by Crippen LogP contribution is 2.24. The molecule has 0 unspecified atom stereocenters. The Bertz CT molecular complexity index is 982. The highest BCUT2D eigenvalue weighted by molar-refractivity contribution is 7.90. The van der Waals surface area contributed by atoms with Gasteiger partial charge in [-0.15, -0.1) is 0 Å². The third-order valence-corrected chi connectivity index (χ3v) is 4.28. The van der Waals surface area contributed by atoms with Crippen LogP contribution in [0.3, 0.4) is 0 Å². The normalized spacial score (nSPS) is 11.4. The van der Waals surface area contributed by atoms with Crippen molar-refractivity contribution in [2.75, 3.05) is 6.26 Å². The van der Waals surface area contributed by atoms with Crippen LogP contribution in [0.15, 0.2) is 47.4 Å². The summed E-state index contributed by atoms with van der Waals surface area (Å²) in [5, 5.41) is 9.08. The van der Waals surface area contributed by atoms with Crippen LogP contribution in [0.5, 0.6) is 0 Å². The average molecular weight is 297 g/mol. The van der Waals surface area contributed by atoms with Crippen LogP contribution in [-0.2, 0) is 9.84 Å². The molecule has 104 valence electrons. The van der Waals surface area contributed by atoms with E-state index in [2.05, 4.69) is 16.0 Å². The predicted octanol–water partition coefficient (Wildman–Crippen LogP) is 2.51. The van der Waals surface area contributed by atoms with Crippen LogP contribution in [0, 0.1) is 11.3 Å². The van der Waals surface area contributed by atoms with Gasteiger partial charge < -0.3 is 4.98 Å². The highest BCUT2D eigenvalue weighted by Gasteiger charge is 2.12. The highest BCUT2D eigenvalue weighted by atomic mass is 32.2. The fraction of sp³-hybridized carbons (Fsp3) is 0.0667. The zero-order chi connectivity index (χ0) is 15.0. The lowest BCUT2D eigenvalue weighted by Gasteiger charge is -2.00. The van der Waals surface area contributed by atoms with Gasteiger partial charge in [0, 0.05) is 11.8 Å². The second kappa shape index (κ2) is 4.72. The lowest BCUT2D eigenvalue weighted by Crippen LogP contribution is -1.97. The number of fused-ring (bicyclic) bond motifs is 1. The molecule has 1 N–H and O–H groups in total. The van der Waals surface area contributed by atoms with Gasteiger partial charge in [-0.05, 0) is 24.3 Å². The van der Waals surface area contributed by atoms with Crippen molar-refractivity contribution in [1.82, 2.24) is 9.97 Å². The molecule has 0 bridgehead atoms. The second-order valence-electron chi connectivity index (χ2n) is 4.70. The second-order valence-corrected chi connectivity index (χ2v) is 6.71. The van der Waals surface area contributed by atoms with Crippen molar-refractivity contribution >= 4 is 20.9 Å². The Kier molecular flexibility index (Phi) is 3.00. The predicted molar refractivity (Wildman–Crippen MR) is 79.4 cm³/mol. The van der Waals surface area contributed by atoms with E-state index in [-0.39, 0.29) is 4.90 Å². The van der Waals surface area contributed by atoms with E-state index in [1.165, 1.54) is 6.26 Å². The molecule has 0 saturated heterocycles. The Balaban J connectivity index is 2.20. The van der Waals surface area contributed by atoms with E-state index in [0.29, 0.717) is 22.5 Å². The number of nitriles is 1. The first-order valence-electron chi connectivity index (χ1n) is 6.18. The van der Waals surface area contributed by atoms with Crippen molar-refractivity contribution in [3.63, 3.8) is 0 Å². The van der Waals surface area contributed by atoms with Crippen LogP contribution in [0.1, 0.15) is 5.56 Å². The van der Waals surface area contributed by atoms with Crippen LogP contribution in [0.25, 0.3) is 22.4 Å². The number of H-pyrrole nitrogens is 1. The summed E-state index contributed by atoms with van der Waals surface area (Å²) < 4.78 is 23.2. The van der Waals surface area contributed by atoms with Crippen LogP contribution >= 0.6 is 0 Å². The molecule has 0 atom stereocenters. The molecule has 0 spiro atoms. The number of nitrogens with zero attached hydrogens (tertiary/aromatic N) is 2. The van der Waals surface area contributed by atoms with E-state index >= 15 is 0 Å². The fourth-order valence-electron chi connectivity index (χ4n) is 2.13. The quantitative estimate of drug-likeness (QED) is 0.787. The smallest absolute Gasteiger partial charge is 0.175 e. The Hall–Kier alpha value is -2.65. The molecule has 1 aromatic heterocycles. The molecule has 0 aliphatic carbocycles. The summed E-state index contributed by atoms with van der Waals surface area (Å²) >= 11 is 0. The summed E-state index contributed by atoms with van der Waals surface area (Å²) in [6.07, 6.45) is 1.17. The number of hydrogen-bond donors (Lipinski definition) is 1. The minimum atomic E-state index is -3.27. The van der Waals surface area contributed by atoms with E-state index in [9.17, 15) is 8.42 Å². The third-order valence-electron chi connectivity index (χ3n) is 3.17. The van der Waals surface area contributed by atoms with Crippen molar-refractivity contribution in [1.29, 1.82) is 5.26 Å². The van der Waals surface area contributed by atoms with Gasteiger partial charge in [-0.2, -0.15) is 5.26 Å². The van der Waals surface area contributed by atoms with Crippen molar-refractivity contribution in [3.8, 4) is 17.5 Å². The number of aromatic amines is 1. The molecule has 3 rings (SSSR count). The first kappa shape index (κ1) is 13.3. The lowest BCUT2D eigenvalue weighted by molar-refractivity contribution is 0.602. The van der Waals surface area contributed by atoms with E-state index in [1.807, 2.05) is 6.07 Å². The molecular weight excluding hydrogens is 286 g/mol. The topological polar surface area (TPSA) is 86.6 Å². The Labute approximate surface area is 121 Å². The molecule has 21 heavy (non-hydrogen) atoms. The Morgan fingerprint density at radius 1 is 1.19 bits per heavy atom. The summed E-state index contributed by atoms with van der Waals surface area (Å²) in [5.41, 5.74) is 2.47. The van der Waals surface area contributed by atoms with Gasteiger partial charge in [0.25, 0.3) is 0 Å². The molecule has 0 saturated carbocycles. The summed E-state index contributed by atoms with van der Waals surface area (Å²) in [6, 6.07) is 13.9. The monoisotopic (exact) mass is 297 g/mol. The molecule has 0 radical (unpaired) electrons. The first-order valence-corrected chi connectivity index (χ1v) is 8.07. The number of para-hydroxylation sites is 1. The largest absolute Gasteiger partial charge is 0.338 e. The van der Waals surface area contributed by atoms with Gasteiger partial charge in [-0.25, -0.2) is 13.4 Å². The zero-order valence-corrected chi connectivity index (χ0v) is 12.0. The van der Waals surface area contributed by atoms with Crippen molar-refractivity contribution < 1.29 is 8.42 Å². The van der Waals surface area contributed by atoms with Crippen LogP contribution in [-0.4, -0.2) is 24.6 Å². The van der Waals surface area contributed by atoms with Gasteiger partial charge in [0.1, 0.15) is 17.4 Å². The van der Waals surface area contributed by atoms with Crippen LogP contribution in [0.2, 0.25) is 0 Å². The summed E-state index contributed by atoms with van der Waals surface area (Å²) in [6.45, 7) is 0. The maximum atomic E-state index is 11.6. The average Bonchev–Trinajstić information content (AvgIpc) is 2.90. The first-order chi connectivity index (χ1) is 9.99. The molecule has 0 aliphatic heterocycles. The molecular formula is C15H11N3O2S. The summed E-state index contributed by atoms with van der Waals surface area (Å²) in [4.78, 5) is 7.75. The van der Waals surface area contributed by atoms with Gasteiger partial charge in [0.05, 0.1) is 16.0 Å². The molecule has 0 aliphatic rings. The lowest BCUT2D eigenvalue weighted by atomic mass is 10.2. The minimum absolute atomic E-state index is 0.237. The number of benzene rings is 2. The van der Waals surface area contributed by atoms with Crippen molar-refractivity contribution in [3.05, 3.63) is 48.0 Å². The molecule has 0 amide bonds. The number of imidazole rings is 1. The summed E-state index contributed by atoms with van der Waals surface area (Å²) in [7, 11) is -3.27. The standard InChI is InChI=1S/C15H11N3O2S/c1-21(19,20)12-6-2-4-10(8-12)15-17-13-7-3-5-11(9-16)14(13)18-15/h2-8H,1H3,(H,17,18). The van der Waals surface area contributed by atoms with Gasteiger partial charge in [0.2, 0.25) is 0 Å². The van der Waals surface area contributed by atoms with Gasteiger partial charge in [-0.3, -0.25) is 0 Å². The van der Waals surface area contributed by atoms with Gasteiger partial charge >= 0.3 is 0 Å². The number of aromatic nitrogens is 2. The van der Waals surface area contributed by atoms with E-state index in [4.69, 9.17) is 5.26 Å². The van der Waals surface area contributed by atoms with Gasteiger partial charge in [0.15, 0.2) is 9.84 Å². The molecule has 3 aromatic rings. The summed E-state index contributed by atoms with van der Waals surface area (Å²) in [5.74, 6) is 0.540. The number of nitrogens with one attached hydrogen (secondary N) is 1. The maximum absolute atomic E-state index is 11.6. The zero-order valence-electron chi connectivity index (χ0n) is 11.2. The molecule has 6 heteroatoms. The van der Waals surface area contributed by atoms with Gasteiger partial charge in [-0.1, -0.05) is 18.2 Å². The molecule has 2 aromatic carbocycles. The van der Waals surface area contributed by atoms with Crippen LogP contribution in [0.4, 0.5) is 0 Å². The van der Waals surface area contributed by atoms with Crippen LogP contribution < -0.4 is 0 Å². The third kappa shape index (κ3) is 2.39. The minimum Gasteiger partial charge on any atom is -0.338 e. The Morgan fingerprint density at radius 2 is 1.95 bits per heavy atom. The number of hydrogen-bond acceptors (Lipinski definition) is 4. The fourth-order valence-corrected chi connectivity index (χ4v) is 2.80. The van der Waals surface area contributed by atoms with Crippen molar-refractivity contribution in [2.45, 2.75) is 4.90 Å². The number of rotatable bonds is 2. The Morgan fingerprint density at radius 3 is 2.67 bits per heavy atom. The van der Waals surface area contributed by atoms with E-state index < -0.39 is 9.84 Å². The SMILES string of the molecule is CS(=O)(=O)c1cccc(-c2nc3c(C#N)cccc3[nH]2)c1. The van der Waals surface area contributed by atoms with E-state index in [0.717, 1.165) is 5.52 Å². The molecule has 1 heterocycles.